The van der Waals surface area contributed by atoms with Gasteiger partial charge >= 0.3 is 0 Å². The van der Waals surface area contributed by atoms with E-state index in [1.807, 2.05) is 0 Å². The molecule has 21 heavy (non-hydrogen) atoms. The third-order valence-corrected chi connectivity index (χ3v) is 5.51. The molecule has 2 unspecified atom stereocenters. The van der Waals surface area contributed by atoms with Gasteiger partial charge in [-0.15, -0.1) is 0 Å². The van der Waals surface area contributed by atoms with Crippen LogP contribution in [-0.2, 0) is 0 Å². The van der Waals surface area contributed by atoms with E-state index >= 15 is 0 Å². The molecule has 3 heteroatoms. The molecular formula is C18H28BrNO. The van der Waals surface area contributed by atoms with Crippen LogP contribution in [0.2, 0.25) is 0 Å². The second kappa shape index (κ2) is 7.15. The third-order valence-electron chi connectivity index (χ3n) is 4.89. The van der Waals surface area contributed by atoms with Gasteiger partial charge in [-0.2, -0.15) is 0 Å². The lowest BCUT2D eigenvalue weighted by Crippen LogP contribution is -2.34. The van der Waals surface area contributed by atoms with Crippen molar-refractivity contribution < 1.29 is 4.74 Å². The van der Waals surface area contributed by atoms with Gasteiger partial charge in [0.15, 0.2) is 0 Å². The predicted molar refractivity (Wildman–Crippen MR) is 92.9 cm³/mol. The molecule has 0 radical (unpaired) electrons. The molecule has 1 aliphatic rings. The van der Waals surface area contributed by atoms with Crippen molar-refractivity contribution in [3.8, 4) is 5.75 Å². The van der Waals surface area contributed by atoms with Crippen LogP contribution < -0.4 is 10.1 Å². The van der Waals surface area contributed by atoms with E-state index in [1.165, 1.54) is 31.2 Å². The Balaban J connectivity index is 2.29. The molecule has 0 saturated heterocycles. The lowest BCUT2D eigenvalue weighted by Gasteiger charge is -2.35. The zero-order valence-corrected chi connectivity index (χ0v) is 15.3. The normalized spacial score (nSPS) is 22.2. The molecule has 1 saturated carbocycles. The fourth-order valence-electron chi connectivity index (χ4n) is 3.64. The summed E-state index contributed by atoms with van der Waals surface area (Å²) in [7, 11) is 1.71. The van der Waals surface area contributed by atoms with Gasteiger partial charge in [-0.25, -0.2) is 0 Å². The number of hydrogen-bond donors (Lipinski definition) is 1. The van der Waals surface area contributed by atoms with E-state index in [4.69, 9.17) is 4.74 Å². The first-order valence-electron chi connectivity index (χ1n) is 8.06. The van der Waals surface area contributed by atoms with Crippen LogP contribution in [0.4, 0.5) is 0 Å². The highest BCUT2D eigenvalue weighted by Gasteiger charge is 2.39. The lowest BCUT2D eigenvalue weighted by atomic mass is 9.75. The predicted octanol–water partition coefficient (Wildman–Crippen LogP) is 5.32. The Morgan fingerprint density at radius 1 is 1.43 bits per heavy atom. The SMILES string of the molecule is CCCNC(c1ccc(OC)c(Br)c1)C1CCCC1(C)C. The van der Waals surface area contributed by atoms with Crippen LogP contribution in [0.5, 0.6) is 5.75 Å². The second-order valence-corrected chi connectivity index (χ2v) is 7.67. The van der Waals surface area contributed by atoms with Crippen LogP contribution in [0.25, 0.3) is 0 Å². The van der Waals surface area contributed by atoms with E-state index in [0.29, 0.717) is 17.4 Å². The molecule has 118 valence electrons. The Bertz CT molecular complexity index is 472. The summed E-state index contributed by atoms with van der Waals surface area (Å²) in [6, 6.07) is 6.94. The van der Waals surface area contributed by atoms with Crippen LogP contribution in [0, 0.1) is 11.3 Å². The number of halogens is 1. The van der Waals surface area contributed by atoms with Gasteiger partial charge in [0.05, 0.1) is 11.6 Å². The highest BCUT2D eigenvalue weighted by molar-refractivity contribution is 9.10. The van der Waals surface area contributed by atoms with Crippen molar-refractivity contribution >= 4 is 15.9 Å². The van der Waals surface area contributed by atoms with E-state index in [1.54, 1.807) is 7.11 Å². The molecule has 0 amide bonds. The number of hydrogen-bond acceptors (Lipinski definition) is 2. The number of ether oxygens (including phenoxy) is 1. The summed E-state index contributed by atoms with van der Waals surface area (Å²) in [6.07, 6.45) is 5.16. The maximum Gasteiger partial charge on any atom is 0.133 e. The van der Waals surface area contributed by atoms with E-state index in [-0.39, 0.29) is 0 Å². The largest absolute Gasteiger partial charge is 0.496 e. The van der Waals surface area contributed by atoms with Gasteiger partial charge in [0.25, 0.3) is 0 Å². The zero-order valence-electron chi connectivity index (χ0n) is 13.7. The first-order valence-corrected chi connectivity index (χ1v) is 8.85. The summed E-state index contributed by atoms with van der Waals surface area (Å²) in [5.41, 5.74) is 1.79. The van der Waals surface area contributed by atoms with Crippen molar-refractivity contribution in [2.75, 3.05) is 13.7 Å². The molecular weight excluding hydrogens is 326 g/mol. The van der Waals surface area contributed by atoms with Crippen molar-refractivity contribution in [1.82, 2.24) is 5.32 Å². The fraction of sp³-hybridized carbons (Fsp3) is 0.667. The van der Waals surface area contributed by atoms with Crippen molar-refractivity contribution in [3.05, 3.63) is 28.2 Å². The number of benzene rings is 1. The molecule has 2 atom stereocenters. The quantitative estimate of drug-likeness (QED) is 0.746. The molecule has 0 bridgehead atoms. The summed E-state index contributed by atoms with van der Waals surface area (Å²) >= 11 is 3.63. The minimum Gasteiger partial charge on any atom is -0.496 e. The van der Waals surface area contributed by atoms with Crippen LogP contribution in [0.15, 0.2) is 22.7 Å². The molecule has 1 fully saturated rings. The van der Waals surface area contributed by atoms with Gasteiger partial charge in [-0.05, 0) is 70.8 Å². The van der Waals surface area contributed by atoms with Crippen molar-refractivity contribution in [3.63, 3.8) is 0 Å². The number of nitrogens with one attached hydrogen (secondary N) is 1. The van der Waals surface area contributed by atoms with Crippen LogP contribution in [-0.4, -0.2) is 13.7 Å². The summed E-state index contributed by atoms with van der Waals surface area (Å²) < 4.78 is 6.40. The van der Waals surface area contributed by atoms with Gasteiger partial charge in [0.1, 0.15) is 5.75 Å². The van der Waals surface area contributed by atoms with Crippen LogP contribution >= 0.6 is 15.9 Å². The highest BCUT2D eigenvalue weighted by Crippen LogP contribution is 2.49. The Kier molecular flexibility index (Phi) is 5.73. The van der Waals surface area contributed by atoms with Crippen molar-refractivity contribution in [1.29, 1.82) is 0 Å². The second-order valence-electron chi connectivity index (χ2n) is 6.81. The average Bonchev–Trinajstić information content (AvgIpc) is 2.79. The molecule has 1 aromatic carbocycles. The Labute approximate surface area is 137 Å². The Morgan fingerprint density at radius 3 is 2.71 bits per heavy atom. The van der Waals surface area contributed by atoms with Gasteiger partial charge in [0.2, 0.25) is 0 Å². The molecule has 1 N–H and O–H groups in total. The third kappa shape index (κ3) is 3.81. The standard InChI is InChI=1S/C18H28BrNO/c1-5-11-20-17(14-7-6-10-18(14,2)3)13-8-9-16(21-4)15(19)12-13/h8-9,12,14,17,20H,5-7,10-11H2,1-4H3. The molecule has 1 aliphatic carbocycles. The van der Waals surface area contributed by atoms with Crippen LogP contribution in [0.1, 0.15) is 58.1 Å². The molecule has 0 heterocycles. The van der Waals surface area contributed by atoms with Gasteiger partial charge in [-0.1, -0.05) is 33.3 Å². The molecule has 1 aromatic rings. The summed E-state index contributed by atoms with van der Waals surface area (Å²) in [6.45, 7) is 8.14. The summed E-state index contributed by atoms with van der Waals surface area (Å²) in [5.74, 6) is 1.60. The Morgan fingerprint density at radius 2 is 2.19 bits per heavy atom. The van der Waals surface area contributed by atoms with Crippen molar-refractivity contribution in [2.45, 2.75) is 52.5 Å². The lowest BCUT2D eigenvalue weighted by molar-refractivity contribution is 0.197. The van der Waals surface area contributed by atoms with Gasteiger partial charge in [0, 0.05) is 6.04 Å². The first kappa shape index (κ1) is 16.8. The molecule has 0 aliphatic heterocycles. The first-order chi connectivity index (χ1) is 9.99. The maximum absolute atomic E-state index is 5.36. The number of methoxy groups -OCH3 is 1. The molecule has 0 spiro atoms. The minimum atomic E-state index is 0.414. The van der Waals surface area contributed by atoms with Gasteiger partial charge in [-0.3, -0.25) is 0 Å². The zero-order chi connectivity index (χ0) is 15.5. The molecule has 2 nitrogen and oxygen atoms in total. The van der Waals surface area contributed by atoms with Crippen molar-refractivity contribution in [2.24, 2.45) is 11.3 Å². The monoisotopic (exact) mass is 353 g/mol. The van der Waals surface area contributed by atoms with Gasteiger partial charge < -0.3 is 10.1 Å². The smallest absolute Gasteiger partial charge is 0.133 e. The maximum atomic E-state index is 5.36. The summed E-state index contributed by atoms with van der Waals surface area (Å²) in [4.78, 5) is 0. The number of rotatable bonds is 6. The van der Waals surface area contributed by atoms with E-state index in [2.05, 4.69) is 60.2 Å². The van der Waals surface area contributed by atoms with E-state index < -0.39 is 0 Å². The molecule has 0 aromatic heterocycles. The highest BCUT2D eigenvalue weighted by atomic mass is 79.9. The Hall–Kier alpha value is -0.540. The van der Waals surface area contributed by atoms with Crippen LogP contribution in [0.3, 0.4) is 0 Å². The minimum absolute atomic E-state index is 0.414. The molecule has 2 rings (SSSR count). The van der Waals surface area contributed by atoms with E-state index in [9.17, 15) is 0 Å². The average molecular weight is 354 g/mol. The topological polar surface area (TPSA) is 21.3 Å². The summed E-state index contributed by atoms with van der Waals surface area (Å²) in [5, 5.41) is 3.79. The van der Waals surface area contributed by atoms with E-state index in [0.717, 1.165) is 16.8 Å². The fourth-order valence-corrected chi connectivity index (χ4v) is 4.20.